The normalized spacial score (nSPS) is 16.5. The Bertz CT molecular complexity index is 1520. The molecule has 0 spiro atoms. The van der Waals surface area contributed by atoms with Crippen molar-refractivity contribution in [3.8, 4) is 17.1 Å². The van der Waals surface area contributed by atoms with Crippen LogP contribution in [0.1, 0.15) is 18.9 Å². The third kappa shape index (κ3) is 6.07. The maximum absolute atomic E-state index is 12.9. The number of carbonyl (C=O) groups excluding carboxylic acids is 1. The number of ether oxygens (including phenoxy) is 1. The number of amides is 1. The molecule has 12 nitrogen and oxygen atoms in total. The van der Waals surface area contributed by atoms with Crippen LogP contribution in [0.4, 0.5) is 11.6 Å². The standard InChI is InChI=1S/C27H32N10O2/c1-16-12-31-27(34-22(28)11-17(2)29-3)35-25(16)20-13-30-26-19(20)5-4-6-21(26)33-23(38)15-37-10-8-18(14-37)39-24-7-9-32-36-24/h4-7,9,11-13,18,29-30H,8,10,14-15H2,1-3H3,(H,32,36)(H,33,38)(H2,28,31,34,35)/b17-11-/t18-/m0/s1. The average molecular weight is 529 g/mol. The van der Waals surface area contributed by atoms with Gasteiger partial charge in [0.1, 0.15) is 11.9 Å². The Morgan fingerprint density at radius 2 is 2.23 bits per heavy atom. The lowest BCUT2D eigenvalue weighted by atomic mass is 10.1. The zero-order valence-electron chi connectivity index (χ0n) is 22.2. The number of aryl methyl sites for hydroxylation is 1. The number of amidine groups is 1. The molecule has 4 aromatic rings. The number of rotatable bonds is 9. The number of H-pyrrole nitrogens is 2. The molecule has 6 N–H and O–H groups in total. The molecule has 0 radical (unpaired) electrons. The SMILES string of the molecule is CN/C(C)=C\C(N)=N/c1ncc(C)c(-c2c[nH]c3c(NC(=O)CN4CC[C@H](Oc5ccn[nH]5)C4)cccc23)n1. The quantitative estimate of drug-likeness (QED) is 0.164. The van der Waals surface area contributed by atoms with Crippen molar-refractivity contribution in [3.05, 3.63) is 60.2 Å². The zero-order chi connectivity index (χ0) is 27.4. The second-order valence-corrected chi connectivity index (χ2v) is 9.48. The van der Waals surface area contributed by atoms with Crippen LogP contribution in [0.25, 0.3) is 22.2 Å². The van der Waals surface area contributed by atoms with E-state index in [2.05, 4.69) is 45.7 Å². The minimum Gasteiger partial charge on any atom is -0.473 e. The zero-order valence-corrected chi connectivity index (χ0v) is 22.2. The van der Waals surface area contributed by atoms with Crippen LogP contribution in [0.3, 0.4) is 0 Å². The van der Waals surface area contributed by atoms with Crippen LogP contribution < -0.4 is 21.1 Å². The van der Waals surface area contributed by atoms with Crippen LogP contribution in [0.2, 0.25) is 0 Å². The summed E-state index contributed by atoms with van der Waals surface area (Å²) in [5.41, 5.74) is 10.9. The summed E-state index contributed by atoms with van der Waals surface area (Å²) in [7, 11) is 1.81. The molecular weight excluding hydrogens is 496 g/mol. The molecular formula is C27H32N10O2. The Morgan fingerprint density at radius 3 is 3.03 bits per heavy atom. The first kappa shape index (κ1) is 25.9. The number of benzene rings is 1. The van der Waals surface area contributed by atoms with Crippen molar-refractivity contribution in [1.82, 2.24) is 35.4 Å². The molecule has 1 aromatic carbocycles. The van der Waals surface area contributed by atoms with E-state index in [4.69, 9.17) is 10.5 Å². The molecule has 12 heteroatoms. The van der Waals surface area contributed by atoms with Crippen molar-refractivity contribution < 1.29 is 9.53 Å². The summed E-state index contributed by atoms with van der Waals surface area (Å²) in [6.45, 7) is 5.58. The highest BCUT2D eigenvalue weighted by atomic mass is 16.5. The van der Waals surface area contributed by atoms with Gasteiger partial charge in [0.25, 0.3) is 5.95 Å². The highest BCUT2D eigenvalue weighted by Crippen LogP contribution is 2.33. The number of para-hydroxylation sites is 1. The number of hydrogen-bond acceptors (Lipinski definition) is 8. The van der Waals surface area contributed by atoms with Crippen LogP contribution >= 0.6 is 0 Å². The van der Waals surface area contributed by atoms with Crippen LogP contribution in [0.5, 0.6) is 5.88 Å². The minimum absolute atomic E-state index is 0.0247. The van der Waals surface area contributed by atoms with E-state index >= 15 is 0 Å². The molecule has 39 heavy (non-hydrogen) atoms. The number of aliphatic imine (C=N–C) groups is 1. The summed E-state index contributed by atoms with van der Waals surface area (Å²) < 4.78 is 5.88. The second kappa shape index (κ2) is 11.4. The molecule has 3 aromatic heterocycles. The first-order chi connectivity index (χ1) is 18.9. The van der Waals surface area contributed by atoms with Gasteiger partial charge in [-0.25, -0.2) is 15.1 Å². The number of aromatic amines is 2. The third-order valence-corrected chi connectivity index (χ3v) is 6.56. The van der Waals surface area contributed by atoms with Gasteiger partial charge >= 0.3 is 0 Å². The predicted molar refractivity (Wildman–Crippen MR) is 151 cm³/mol. The fraction of sp³-hybridized carbons (Fsp3) is 0.296. The number of fused-ring (bicyclic) bond motifs is 1. The molecule has 202 valence electrons. The molecule has 0 unspecified atom stereocenters. The van der Waals surface area contributed by atoms with Gasteiger partial charge < -0.3 is 26.1 Å². The monoisotopic (exact) mass is 528 g/mol. The van der Waals surface area contributed by atoms with E-state index < -0.39 is 0 Å². The molecule has 1 aliphatic rings. The van der Waals surface area contributed by atoms with E-state index in [1.54, 1.807) is 24.5 Å². The smallest absolute Gasteiger partial charge is 0.251 e. The number of nitrogens with two attached hydrogens (primary N) is 1. The van der Waals surface area contributed by atoms with Crippen LogP contribution in [0, 0.1) is 6.92 Å². The topological polar surface area (TPSA) is 162 Å². The van der Waals surface area contributed by atoms with Gasteiger partial charge in [-0.05, 0) is 38.0 Å². The first-order valence-corrected chi connectivity index (χ1v) is 12.7. The van der Waals surface area contributed by atoms with E-state index in [-0.39, 0.29) is 24.5 Å². The lowest BCUT2D eigenvalue weighted by Gasteiger charge is -2.16. The molecule has 1 atom stereocenters. The van der Waals surface area contributed by atoms with E-state index in [9.17, 15) is 4.79 Å². The molecule has 0 bridgehead atoms. The molecule has 1 saturated heterocycles. The largest absolute Gasteiger partial charge is 0.473 e. The van der Waals surface area contributed by atoms with Crippen molar-refractivity contribution in [2.75, 3.05) is 32.0 Å². The number of hydrogen-bond donors (Lipinski definition) is 5. The summed E-state index contributed by atoms with van der Waals surface area (Å²) in [4.78, 5) is 31.7. The van der Waals surface area contributed by atoms with Crippen molar-refractivity contribution >= 4 is 34.3 Å². The summed E-state index contributed by atoms with van der Waals surface area (Å²) in [5.74, 6) is 1.13. The van der Waals surface area contributed by atoms with E-state index in [1.165, 1.54) is 0 Å². The number of nitrogens with one attached hydrogen (secondary N) is 4. The van der Waals surface area contributed by atoms with Gasteiger partial charge in [-0.1, -0.05) is 12.1 Å². The number of aromatic nitrogens is 5. The molecule has 1 amide bonds. The van der Waals surface area contributed by atoms with Gasteiger partial charge in [-0.2, -0.15) is 10.1 Å². The number of anilines is 1. The van der Waals surface area contributed by atoms with Crippen LogP contribution in [-0.4, -0.2) is 74.6 Å². The van der Waals surface area contributed by atoms with Gasteiger partial charge in [-0.3, -0.25) is 9.69 Å². The van der Waals surface area contributed by atoms with E-state index in [0.29, 0.717) is 23.9 Å². The number of nitrogens with zero attached hydrogens (tertiary/aromatic N) is 5. The van der Waals surface area contributed by atoms with Gasteiger partial charge in [0.05, 0.1) is 29.6 Å². The highest BCUT2D eigenvalue weighted by Gasteiger charge is 2.26. The Morgan fingerprint density at radius 1 is 1.36 bits per heavy atom. The first-order valence-electron chi connectivity index (χ1n) is 12.7. The van der Waals surface area contributed by atoms with Crippen LogP contribution in [-0.2, 0) is 4.79 Å². The number of likely N-dealkylation sites (tertiary alicyclic amines) is 1. The van der Waals surface area contributed by atoms with Crippen LogP contribution in [0.15, 0.2) is 59.6 Å². The second-order valence-electron chi connectivity index (χ2n) is 9.48. The fourth-order valence-corrected chi connectivity index (χ4v) is 4.57. The molecule has 1 aliphatic heterocycles. The van der Waals surface area contributed by atoms with Crippen molar-refractivity contribution in [1.29, 1.82) is 0 Å². The summed E-state index contributed by atoms with van der Waals surface area (Å²) >= 11 is 0. The van der Waals surface area contributed by atoms with Gasteiger partial charge in [0, 0.05) is 55.2 Å². The Labute approximate surface area is 225 Å². The van der Waals surface area contributed by atoms with Crippen molar-refractivity contribution in [2.45, 2.75) is 26.4 Å². The third-order valence-electron chi connectivity index (χ3n) is 6.56. The van der Waals surface area contributed by atoms with Gasteiger partial charge in [0.15, 0.2) is 0 Å². The summed E-state index contributed by atoms with van der Waals surface area (Å²) in [6, 6.07) is 7.58. The van der Waals surface area contributed by atoms with Gasteiger partial charge in [-0.15, -0.1) is 0 Å². The molecule has 0 aliphatic carbocycles. The molecule has 0 saturated carbocycles. The van der Waals surface area contributed by atoms with Gasteiger partial charge in [0.2, 0.25) is 11.8 Å². The minimum atomic E-state index is -0.0870. The van der Waals surface area contributed by atoms with Crippen molar-refractivity contribution in [3.63, 3.8) is 0 Å². The van der Waals surface area contributed by atoms with Crippen molar-refractivity contribution in [2.24, 2.45) is 10.7 Å². The Hall–Kier alpha value is -4.71. The Kier molecular flexibility index (Phi) is 7.55. The molecule has 1 fully saturated rings. The van der Waals surface area contributed by atoms with E-state index in [1.807, 2.05) is 45.3 Å². The highest BCUT2D eigenvalue weighted by molar-refractivity contribution is 6.06. The number of carbonyl (C=O) groups is 1. The lowest BCUT2D eigenvalue weighted by Crippen LogP contribution is -2.33. The summed E-state index contributed by atoms with van der Waals surface area (Å²) in [5, 5.41) is 13.7. The molecule has 4 heterocycles. The summed E-state index contributed by atoms with van der Waals surface area (Å²) in [6.07, 6.45) is 7.86. The van der Waals surface area contributed by atoms with E-state index in [0.717, 1.165) is 46.4 Å². The average Bonchev–Trinajstić information content (AvgIpc) is 3.67. The fourth-order valence-electron chi connectivity index (χ4n) is 4.57. The Balaban J connectivity index is 1.30. The maximum atomic E-state index is 12.9. The molecule has 5 rings (SSSR count). The number of allylic oxidation sites excluding steroid dienone is 1. The lowest BCUT2D eigenvalue weighted by molar-refractivity contribution is -0.117. The predicted octanol–water partition coefficient (Wildman–Crippen LogP) is 2.86. The maximum Gasteiger partial charge on any atom is 0.251 e.